The van der Waals surface area contributed by atoms with E-state index in [0.29, 0.717) is 21.1 Å². The molecule has 2 aromatic carbocycles. The summed E-state index contributed by atoms with van der Waals surface area (Å²) in [6.45, 7) is 1.69. The van der Waals surface area contributed by atoms with Crippen LogP contribution in [0.1, 0.15) is 18.5 Å². The minimum atomic E-state index is -3.84. The maximum atomic E-state index is 12.6. The molecule has 0 spiro atoms. The highest BCUT2D eigenvalue weighted by atomic mass is 35.5. The molecule has 3 aromatic rings. The van der Waals surface area contributed by atoms with Crippen molar-refractivity contribution >= 4 is 44.3 Å². The van der Waals surface area contributed by atoms with Gasteiger partial charge in [0, 0.05) is 16.1 Å². The van der Waals surface area contributed by atoms with Crippen LogP contribution in [0.25, 0.3) is 11.0 Å². The van der Waals surface area contributed by atoms with Crippen molar-refractivity contribution < 1.29 is 13.0 Å². The molecule has 23 heavy (non-hydrogen) atoms. The molecule has 0 amide bonds. The van der Waals surface area contributed by atoms with E-state index in [2.05, 4.69) is 19.7 Å². The van der Waals surface area contributed by atoms with Crippen molar-refractivity contribution in [3.8, 4) is 0 Å². The first-order chi connectivity index (χ1) is 10.9. The number of rotatable bonds is 4. The second-order valence-electron chi connectivity index (χ2n) is 4.90. The summed E-state index contributed by atoms with van der Waals surface area (Å²) < 4.78 is 32.4. The number of halogens is 2. The first kappa shape index (κ1) is 16.2. The Hall–Kier alpha value is -1.67. The standard InChI is InChI=1S/C14H11Cl2N3O3S/c1-8(10-6-5-9(15)7-11(10)16)19-23(20,21)13-4-2-3-12-14(13)18-22-17-12/h2-8,19H,1H3. The van der Waals surface area contributed by atoms with Gasteiger partial charge in [-0.2, -0.15) is 0 Å². The Morgan fingerprint density at radius 2 is 1.96 bits per heavy atom. The van der Waals surface area contributed by atoms with Crippen LogP contribution in [0.4, 0.5) is 0 Å². The summed E-state index contributed by atoms with van der Waals surface area (Å²) in [4.78, 5) is -0.00631. The first-order valence-corrected chi connectivity index (χ1v) is 8.81. The van der Waals surface area contributed by atoms with Gasteiger partial charge in [-0.3, -0.25) is 0 Å². The van der Waals surface area contributed by atoms with Crippen molar-refractivity contribution in [2.45, 2.75) is 17.9 Å². The van der Waals surface area contributed by atoms with Gasteiger partial charge in [0.15, 0.2) is 5.52 Å². The van der Waals surface area contributed by atoms with Crippen molar-refractivity contribution in [1.29, 1.82) is 0 Å². The minimum absolute atomic E-state index is 0.00631. The van der Waals surface area contributed by atoms with Crippen molar-refractivity contribution in [2.75, 3.05) is 0 Å². The molecule has 1 aromatic heterocycles. The second-order valence-corrected chi connectivity index (χ2v) is 7.42. The van der Waals surface area contributed by atoms with Crippen molar-refractivity contribution in [2.24, 2.45) is 0 Å². The van der Waals surface area contributed by atoms with E-state index in [1.165, 1.54) is 6.07 Å². The lowest BCUT2D eigenvalue weighted by Gasteiger charge is -2.16. The van der Waals surface area contributed by atoms with Gasteiger partial charge in [0.1, 0.15) is 10.4 Å². The molecule has 1 N–H and O–H groups in total. The molecule has 0 aliphatic heterocycles. The number of fused-ring (bicyclic) bond motifs is 1. The van der Waals surface area contributed by atoms with Gasteiger partial charge >= 0.3 is 0 Å². The third kappa shape index (κ3) is 3.18. The zero-order chi connectivity index (χ0) is 16.6. The smallest absolute Gasteiger partial charge is 0.243 e. The fourth-order valence-corrected chi connectivity index (χ4v) is 4.16. The summed E-state index contributed by atoms with van der Waals surface area (Å²) in [5.41, 5.74) is 1.16. The first-order valence-electron chi connectivity index (χ1n) is 6.57. The number of benzene rings is 2. The van der Waals surface area contributed by atoms with Gasteiger partial charge in [-0.15, -0.1) is 0 Å². The van der Waals surface area contributed by atoms with Crippen LogP contribution >= 0.6 is 23.2 Å². The van der Waals surface area contributed by atoms with Gasteiger partial charge in [0.25, 0.3) is 0 Å². The van der Waals surface area contributed by atoms with Crippen LogP contribution < -0.4 is 4.72 Å². The molecule has 0 radical (unpaired) electrons. The maximum absolute atomic E-state index is 12.6. The van der Waals surface area contributed by atoms with Crippen LogP contribution in [-0.2, 0) is 10.0 Å². The lowest BCUT2D eigenvalue weighted by atomic mass is 10.1. The summed E-state index contributed by atoms with van der Waals surface area (Å²) in [5, 5.41) is 8.15. The monoisotopic (exact) mass is 371 g/mol. The average molecular weight is 372 g/mol. The van der Waals surface area contributed by atoms with Gasteiger partial charge in [-0.05, 0) is 47.1 Å². The molecular formula is C14H11Cl2N3O3S. The molecule has 120 valence electrons. The summed E-state index contributed by atoms with van der Waals surface area (Å²) in [5.74, 6) is 0. The molecule has 6 nitrogen and oxygen atoms in total. The Morgan fingerprint density at radius 1 is 1.17 bits per heavy atom. The lowest BCUT2D eigenvalue weighted by molar-refractivity contribution is 0.315. The van der Waals surface area contributed by atoms with E-state index in [-0.39, 0.29) is 10.4 Å². The van der Waals surface area contributed by atoms with E-state index in [1.807, 2.05) is 0 Å². The molecule has 0 bridgehead atoms. The highest BCUT2D eigenvalue weighted by Gasteiger charge is 2.23. The molecule has 3 rings (SSSR count). The van der Waals surface area contributed by atoms with Crippen LogP contribution in [0.5, 0.6) is 0 Å². The van der Waals surface area contributed by atoms with Gasteiger partial charge in [0.2, 0.25) is 10.0 Å². The van der Waals surface area contributed by atoms with E-state index in [0.717, 1.165) is 0 Å². The number of nitrogens with zero attached hydrogens (tertiary/aromatic N) is 2. The highest BCUT2D eigenvalue weighted by Crippen LogP contribution is 2.28. The van der Waals surface area contributed by atoms with Gasteiger partial charge in [-0.25, -0.2) is 17.8 Å². The third-order valence-corrected chi connectivity index (χ3v) is 5.43. The van der Waals surface area contributed by atoms with Gasteiger partial charge < -0.3 is 0 Å². The topological polar surface area (TPSA) is 85.1 Å². The zero-order valence-electron chi connectivity index (χ0n) is 11.8. The van der Waals surface area contributed by atoms with Crippen molar-refractivity contribution in [1.82, 2.24) is 15.0 Å². The maximum Gasteiger partial charge on any atom is 0.243 e. The molecule has 0 aliphatic carbocycles. The Bertz CT molecular complexity index is 972. The summed E-state index contributed by atoms with van der Waals surface area (Å²) >= 11 is 12.0. The SMILES string of the molecule is CC(NS(=O)(=O)c1cccc2nonc12)c1ccc(Cl)cc1Cl. The van der Waals surface area contributed by atoms with E-state index in [1.54, 1.807) is 37.3 Å². The fraction of sp³-hybridized carbons (Fsp3) is 0.143. The van der Waals surface area contributed by atoms with Gasteiger partial charge in [-0.1, -0.05) is 35.3 Å². The second kappa shape index (κ2) is 6.09. The molecule has 0 saturated heterocycles. The van der Waals surface area contributed by atoms with Crippen molar-refractivity contribution in [3.05, 3.63) is 52.0 Å². The van der Waals surface area contributed by atoms with Gasteiger partial charge in [0.05, 0.1) is 0 Å². The molecule has 0 fully saturated rings. The highest BCUT2D eigenvalue weighted by molar-refractivity contribution is 7.89. The van der Waals surface area contributed by atoms with Crippen LogP contribution in [0.2, 0.25) is 10.0 Å². The van der Waals surface area contributed by atoms with Crippen molar-refractivity contribution in [3.63, 3.8) is 0 Å². The number of hydrogen-bond donors (Lipinski definition) is 1. The fourth-order valence-electron chi connectivity index (χ4n) is 2.21. The van der Waals surface area contributed by atoms with Crippen LogP contribution in [-0.4, -0.2) is 18.7 Å². The zero-order valence-corrected chi connectivity index (χ0v) is 14.2. The van der Waals surface area contributed by atoms with E-state index in [4.69, 9.17) is 23.2 Å². The predicted molar refractivity (Wildman–Crippen MR) is 87.0 cm³/mol. The summed E-state index contributed by atoms with van der Waals surface area (Å²) in [7, 11) is -3.84. The molecule has 0 saturated carbocycles. The lowest BCUT2D eigenvalue weighted by Crippen LogP contribution is -2.27. The number of sulfonamides is 1. The third-order valence-electron chi connectivity index (χ3n) is 3.30. The predicted octanol–water partition coefficient (Wildman–Crippen LogP) is 3.57. The largest absolute Gasteiger partial charge is 0.243 e. The summed E-state index contributed by atoms with van der Waals surface area (Å²) in [6, 6.07) is 8.95. The number of hydrogen-bond acceptors (Lipinski definition) is 5. The molecule has 1 atom stereocenters. The average Bonchev–Trinajstić information content (AvgIpc) is 2.94. The summed E-state index contributed by atoms with van der Waals surface area (Å²) in [6.07, 6.45) is 0. The Labute approximate surface area is 142 Å². The molecule has 1 unspecified atom stereocenters. The van der Waals surface area contributed by atoms with E-state index in [9.17, 15) is 8.42 Å². The molecule has 1 heterocycles. The minimum Gasteiger partial charge on any atom is -0.243 e. The van der Waals surface area contributed by atoms with E-state index >= 15 is 0 Å². The van der Waals surface area contributed by atoms with Crippen LogP contribution in [0.3, 0.4) is 0 Å². The van der Waals surface area contributed by atoms with E-state index < -0.39 is 16.1 Å². The number of aromatic nitrogens is 2. The Morgan fingerprint density at radius 3 is 2.70 bits per heavy atom. The molecule has 0 aliphatic rings. The van der Waals surface area contributed by atoms with Crippen LogP contribution in [0.15, 0.2) is 45.9 Å². The normalized spacial score (nSPS) is 13.3. The number of nitrogens with one attached hydrogen (secondary N) is 1. The molecule has 9 heteroatoms. The molecular weight excluding hydrogens is 361 g/mol. The Kier molecular flexibility index (Phi) is 4.29. The Balaban J connectivity index is 1.96. The van der Waals surface area contributed by atoms with Crippen LogP contribution in [0, 0.1) is 0 Å². The quantitative estimate of drug-likeness (QED) is 0.757.